The Balaban J connectivity index is 2.10. The van der Waals surface area contributed by atoms with Crippen molar-refractivity contribution in [3.05, 3.63) is 58.1 Å². The maximum absolute atomic E-state index is 6.43. The lowest BCUT2D eigenvalue weighted by atomic mass is 9.76. The molecule has 0 aromatic heterocycles. The summed E-state index contributed by atoms with van der Waals surface area (Å²) in [6, 6.07) is 10.6. The van der Waals surface area contributed by atoms with Gasteiger partial charge in [-0.1, -0.05) is 44.2 Å². The summed E-state index contributed by atoms with van der Waals surface area (Å²) in [4.78, 5) is 5.23. The fraction of sp³-hybridized carbons (Fsp3) is 0.480. The molecule has 0 saturated carbocycles. The van der Waals surface area contributed by atoms with Gasteiger partial charge < -0.3 is 9.47 Å². The molecule has 148 valence electrons. The summed E-state index contributed by atoms with van der Waals surface area (Å²) >= 11 is 0. The fourth-order valence-corrected chi connectivity index (χ4v) is 4.76. The van der Waals surface area contributed by atoms with Gasteiger partial charge in [-0.15, -0.1) is 0 Å². The Morgan fingerprint density at radius 2 is 1.68 bits per heavy atom. The lowest BCUT2D eigenvalue weighted by Gasteiger charge is -2.34. The lowest BCUT2D eigenvalue weighted by Crippen LogP contribution is -2.32. The molecule has 0 saturated heterocycles. The maximum Gasteiger partial charge on any atom is 0.166 e. The second-order valence-corrected chi connectivity index (χ2v) is 9.62. The van der Waals surface area contributed by atoms with Crippen LogP contribution < -0.4 is 9.47 Å². The first-order valence-corrected chi connectivity index (χ1v) is 10.2. The van der Waals surface area contributed by atoms with Gasteiger partial charge in [-0.25, -0.2) is 0 Å². The van der Waals surface area contributed by atoms with Crippen molar-refractivity contribution >= 4 is 5.71 Å². The highest BCUT2D eigenvalue weighted by atomic mass is 16.5. The SMILES string of the molecule is COc1c2c(c3c(c1C(C)C)CC(C)(C)N=C3c1ccccc1)CC(C)(C)O2. The monoisotopic (exact) mass is 377 g/mol. The molecule has 2 aliphatic heterocycles. The van der Waals surface area contributed by atoms with Crippen molar-refractivity contribution in [3.8, 4) is 11.5 Å². The van der Waals surface area contributed by atoms with Crippen molar-refractivity contribution in [2.45, 2.75) is 71.4 Å². The van der Waals surface area contributed by atoms with E-state index in [0.717, 1.165) is 30.1 Å². The van der Waals surface area contributed by atoms with Gasteiger partial charge in [0.25, 0.3) is 0 Å². The van der Waals surface area contributed by atoms with Crippen LogP contribution >= 0.6 is 0 Å². The van der Waals surface area contributed by atoms with Gasteiger partial charge >= 0.3 is 0 Å². The number of ether oxygens (including phenoxy) is 2. The van der Waals surface area contributed by atoms with Gasteiger partial charge in [-0.05, 0) is 45.6 Å². The minimum atomic E-state index is -0.242. The first-order valence-electron chi connectivity index (χ1n) is 10.2. The van der Waals surface area contributed by atoms with Crippen molar-refractivity contribution < 1.29 is 9.47 Å². The number of aliphatic imine (C=N–C) groups is 1. The van der Waals surface area contributed by atoms with Gasteiger partial charge in [-0.3, -0.25) is 4.99 Å². The van der Waals surface area contributed by atoms with Crippen LogP contribution in [0.15, 0.2) is 35.3 Å². The highest BCUT2D eigenvalue weighted by molar-refractivity contribution is 6.16. The second kappa shape index (κ2) is 6.37. The summed E-state index contributed by atoms with van der Waals surface area (Å²) in [6.07, 6.45) is 1.78. The largest absolute Gasteiger partial charge is 0.493 e. The zero-order chi connectivity index (χ0) is 20.3. The number of benzene rings is 2. The summed E-state index contributed by atoms with van der Waals surface area (Å²) in [5, 5.41) is 0. The van der Waals surface area contributed by atoms with Crippen LogP contribution in [0.5, 0.6) is 11.5 Å². The van der Waals surface area contributed by atoms with Gasteiger partial charge in [0.1, 0.15) is 5.60 Å². The number of fused-ring (bicyclic) bond motifs is 3. The lowest BCUT2D eigenvalue weighted by molar-refractivity contribution is 0.133. The summed E-state index contributed by atoms with van der Waals surface area (Å²) < 4.78 is 12.4. The molecular formula is C25H31NO2. The molecule has 0 fully saturated rings. The van der Waals surface area contributed by atoms with E-state index in [4.69, 9.17) is 14.5 Å². The highest BCUT2D eigenvalue weighted by Gasteiger charge is 2.42. The summed E-state index contributed by atoms with van der Waals surface area (Å²) in [5.41, 5.74) is 7.03. The maximum atomic E-state index is 6.43. The van der Waals surface area contributed by atoms with Crippen LogP contribution in [0, 0.1) is 0 Å². The Morgan fingerprint density at radius 1 is 1.00 bits per heavy atom. The quantitative estimate of drug-likeness (QED) is 0.686. The Hall–Kier alpha value is -2.29. The van der Waals surface area contributed by atoms with Crippen LogP contribution in [0.25, 0.3) is 0 Å². The number of rotatable bonds is 3. The zero-order valence-electron chi connectivity index (χ0n) is 18.1. The molecule has 0 N–H and O–H groups in total. The van der Waals surface area contributed by atoms with E-state index in [1.807, 2.05) is 0 Å². The highest BCUT2D eigenvalue weighted by Crippen LogP contribution is 2.52. The molecule has 0 amide bonds. The molecular weight excluding hydrogens is 346 g/mol. The summed E-state index contributed by atoms with van der Waals surface area (Å²) in [7, 11) is 1.77. The molecule has 3 nitrogen and oxygen atoms in total. The first kappa shape index (κ1) is 19.0. The molecule has 2 aromatic carbocycles. The smallest absolute Gasteiger partial charge is 0.166 e. The van der Waals surface area contributed by atoms with Crippen molar-refractivity contribution in [2.24, 2.45) is 4.99 Å². The molecule has 2 aliphatic rings. The third kappa shape index (κ3) is 3.01. The molecule has 0 unspecified atom stereocenters. The summed E-state index contributed by atoms with van der Waals surface area (Å²) in [5.74, 6) is 2.17. The van der Waals surface area contributed by atoms with Crippen molar-refractivity contribution in [2.75, 3.05) is 7.11 Å². The average Bonchev–Trinajstić information content (AvgIpc) is 2.94. The molecule has 0 radical (unpaired) electrons. The molecule has 0 atom stereocenters. The van der Waals surface area contributed by atoms with E-state index in [1.165, 1.54) is 27.8 Å². The third-order valence-corrected chi connectivity index (χ3v) is 5.72. The van der Waals surface area contributed by atoms with Gasteiger partial charge in [0.05, 0.1) is 18.4 Å². The van der Waals surface area contributed by atoms with Crippen LogP contribution in [-0.4, -0.2) is 24.0 Å². The predicted octanol–water partition coefficient (Wildman–Crippen LogP) is 5.70. The minimum absolute atomic E-state index is 0.157. The van der Waals surface area contributed by atoms with Crippen LogP contribution in [0.3, 0.4) is 0 Å². The molecule has 3 heteroatoms. The van der Waals surface area contributed by atoms with Gasteiger partial charge in [0.15, 0.2) is 11.5 Å². The molecule has 2 aromatic rings. The molecule has 0 bridgehead atoms. The van der Waals surface area contributed by atoms with Crippen molar-refractivity contribution in [3.63, 3.8) is 0 Å². The standard InChI is InChI=1S/C25H31NO2/c1-15(2)19-17-13-24(3,4)26-21(16-11-9-8-10-12-16)20(17)18-14-25(5,6)28-22(18)23(19)27-7/h8-12,15H,13-14H2,1-7H3. The van der Waals surface area contributed by atoms with E-state index < -0.39 is 0 Å². The molecule has 0 aliphatic carbocycles. The van der Waals surface area contributed by atoms with Crippen molar-refractivity contribution in [1.82, 2.24) is 0 Å². The van der Waals surface area contributed by atoms with Gasteiger partial charge in [-0.2, -0.15) is 0 Å². The van der Waals surface area contributed by atoms with Crippen molar-refractivity contribution in [1.29, 1.82) is 0 Å². The number of nitrogens with zero attached hydrogens (tertiary/aromatic N) is 1. The summed E-state index contributed by atoms with van der Waals surface area (Å²) in [6.45, 7) is 13.2. The Kier molecular flexibility index (Phi) is 4.33. The van der Waals surface area contributed by atoms with Crippen LogP contribution in [0.2, 0.25) is 0 Å². The van der Waals surface area contributed by atoms with Crippen LogP contribution in [0.4, 0.5) is 0 Å². The average molecular weight is 378 g/mol. The van der Waals surface area contributed by atoms with Crippen LogP contribution in [0.1, 0.15) is 75.3 Å². The van der Waals surface area contributed by atoms with E-state index in [1.54, 1.807) is 7.11 Å². The minimum Gasteiger partial charge on any atom is -0.493 e. The fourth-order valence-electron chi connectivity index (χ4n) is 4.76. The van der Waals surface area contributed by atoms with E-state index in [-0.39, 0.29) is 11.1 Å². The van der Waals surface area contributed by atoms with Crippen LogP contribution in [-0.2, 0) is 12.8 Å². The first-order chi connectivity index (χ1) is 13.1. The Morgan fingerprint density at radius 3 is 2.29 bits per heavy atom. The molecule has 28 heavy (non-hydrogen) atoms. The van der Waals surface area contributed by atoms with E-state index in [9.17, 15) is 0 Å². The molecule has 2 heterocycles. The molecule has 0 spiro atoms. The topological polar surface area (TPSA) is 30.8 Å². The predicted molar refractivity (Wildman–Crippen MR) is 115 cm³/mol. The number of hydrogen-bond acceptors (Lipinski definition) is 3. The third-order valence-electron chi connectivity index (χ3n) is 5.72. The van der Waals surface area contributed by atoms with E-state index >= 15 is 0 Å². The van der Waals surface area contributed by atoms with E-state index in [0.29, 0.717) is 5.92 Å². The number of methoxy groups -OCH3 is 1. The van der Waals surface area contributed by atoms with Gasteiger partial charge in [0, 0.05) is 28.7 Å². The van der Waals surface area contributed by atoms with Gasteiger partial charge in [0.2, 0.25) is 0 Å². The molecule has 4 rings (SSSR count). The van der Waals surface area contributed by atoms with E-state index in [2.05, 4.69) is 71.9 Å². The zero-order valence-corrected chi connectivity index (χ0v) is 18.1. The number of hydrogen-bond donors (Lipinski definition) is 0. The Bertz CT molecular complexity index is 953. The Labute approximate surface area is 168 Å². The normalized spacial score (nSPS) is 18.9. The second-order valence-electron chi connectivity index (χ2n) is 9.62.